The molecule has 94 valence electrons. The molecule has 0 N–H and O–H groups in total. The first-order valence-corrected chi connectivity index (χ1v) is 10.7. The summed E-state index contributed by atoms with van der Waals surface area (Å²) in [6, 6.07) is 0. The van der Waals surface area contributed by atoms with Crippen molar-refractivity contribution in [3.05, 3.63) is 0 Å². The van der Waals surface area contributed by atoms with Gasteiger partial charge in [0.15, 0.2) is 0 Å². The molecule has 0 atom stereocenters. The summed E-state index contributed by atoms with van der Waals surface area (Å²) in [5.74, 6) is 0. The maximum atomic E-state index is 4.81. The second-order valence-corrected chi connectivity index (χ2v) is 7.01. The van der Waals surface area contributed by atoms with Crippen LogP contribution in [0.5, 0.6) is 0 Å². The molecule has 14 heavy (non-hydrogen) atoms. The van der Waals surface area contributed by atoms with Gasteiger partial charge in [0.25, 0.3) is 0 Å². The van der Waals surface area contributed by atoms with Crippen molar-refractivity contribution in [1.29, 1.82) is 0 Å². The fourth-order valence-electron chi connectivity index (χ4n) is 0.942. The fraction of sp³-hybridized carbons (Fsp3) is 1.00. The van der Waals surface area contributed by atoms with Crippen LogP contribution in [0.4, 0.5) is 0 Å². The first kappa shape index (κ1) is 18.1. The van der Waals surface area contributed by atoms with E-state index >= 15 is 0 Å². The van der Waals surface area contributed by atoms with Crippen molar-refractivity contribution in [2.24, 2.45) is 0 Å². The first-order chi connectivity index (χ1) is 6.83. The Labute approximate surface area is 112 Å². The van der Waals surface area contributed by atoms with E-state index in [1.165, 1.54) is 64.1 Å². The van der Waals surface area contributed by atoms with Gasteiger partial charge in [-0.2, -0.15) is 0 Å². The Morgan fingerprint density at radius 1 is 0.857 bits per heavy atom. The van der Waals surface area contributed by atoms with Gasteiger partial charge in [0.1, 0.15) is 0 Å². The SMILES string of the molecule is CCCC[CH2][Fe][CH2]CCCC.[Cl][Pd][Cl]. The average Bonchev–Trinajstić information content (AvgIpc) is 2.18. The van der Waals surface area contributed by atoms with Gasteiger partial charge >= 0.3 is 113 Å². The second kappa shape index (κ2) is 20.2. The molecule has 0 heterocycles. The summed E-state index contributed by atoms with van der Waals surface area (Å²) in [7, 11) is 9.63. The number of rotatable bonds is 8. The first-order valence-electron chi connectivity index (χ1n) is 5.15. The summed E-state index contributed by atoms with van der Waals surface area (Å²) in [4.78, 5) is 0. The van der Waals surface area contributed by atoms with E-state index in [1.54, 1.807) is 0 Å². The minimum atomic E-state index is -0.106. The zero-order valence-electron chi connectivity index (χ0n) is 9.08. The van der Waals surface area contributed by atoms with Gasteiger partial charge < -0.3 is 0 Å². The third kappa shape index (κ3) is 23.5. The molecule has 0 aliphatic heterocycles. The predicted octanol–water partition coefficient (Wildman–Crippen LogP) is 5.66. The topological polar surface area (TPSA) is 0 Å². The molecule has 0 aliphatic carbocycles. The van der Waals surface area contributed by atoms with Crippen molar-refractivity contribution in [2.45, 2.75) is 63.0 Å². The number of hydrogen-bond acceptors (Lipinski definition) is 0. The predicted molar refractivity (Wildman–Crippen MR) is 60.4 cm³/mol. The molecule has 0 aliphatic rings. The third-order valence-electron chi connectivity index (χ3n) is 1.71. The Bertz CT molecular complexity index is 76.5. The number of halogens is 2. The van der Waals surface area contributed by atoms with E-state index in [0.717, 1.165) is 0 Å². The van der Waals surface area contributed by atoms with Crippen LogP contribution in [-0.2, 0) is 30.9 Å². The van der Waals surface area contributed by atoms with Gasteiger partial charge in [0.05, 0.1) is 0 Å². The standard InChI is InChI=1S/2C5H11.2ClH.Fe.Pd/c2*1-3-5-4-2;;;;/h2*1,3-5H2,2H3;2*1H;;/q;;;;;+2/p-2. The Hall–Kier alpha value is 1.76. The quantitative estimate of drug-likeness (QED) is 0.379. The summed E-state index contributed by atoms with van der Waals surface area (Å²) < 4.78 is 0. The van der Waals surface area contributed by atoms with Crippen LogP contribution in [0.1, 0.15) is 52.4 Å². The Morgan fingerprint density at radius 3 is 1.50 bits per heavy atom. The zero-order valence-corrected chi connectivity index (χ0v) is 13.3. The average molecular weight is 375 g/mol. The van der Waals surface area contributed by atoms with Gasteiger partial charge in [0.2, 0.25) is 0 Å². The van der Waals surface area contributed by atoms with Crippen LogP contribution < -0.4 is 0 Å². The molecule has 0 aromatic heterocycles. The molecule has 0 aromatic carbocycles. The van der Waals surface area contributed by atoms with Gasteiger partial charge in [-0.05, 0) is 0 Å². The van der Waals surface area contributed by atoms with Crippen molar-refractivity contribution in [3.8, 4) is 0 Å². The molecule has 0 spiro atoms. The van der Waals surface area contributed by atoms with Crippen LogP contribution in [-0.4, -0.2) is 0 Å². The van der Waals surface area contributed by atoms with Crippen molar-refractivity contribution in [3.63, 3.8) is 0 Å². The van der Waals surface area contributed by atoms with E-state index in [1.807, 2.05) is 0 Å². The molecule has 0 aromatic rings. The summed E-state index contributed by atoms with van der Waals surface area (Å²) >= 11 is 1.37. The molecule has 0 bridgehead atoms. The van der Waals surface area contributed by atoms with E-state index in [9.17, 15) is 0 Å². The summed E-state index contributed by atoms with van der Waals surface area (Å²) in [6.07, 6.45) is 8.54. The van der Waals surface area contributed by atoms with Crippen LogP contribution in [0.25, 0.3) is 0 Å². The van der Waals surface area contributed by atoms with Crippen molar-refractivity contribution >= 4 is 19.1 Å². The van der Waals surface area contributed by atoms with Crippen LogP contribution in [0.15, 0.2) is 0 Å². The summed E-state index contributed by atoms with van der Waals surface area (Å²) in [5.41, 5.74) is 0. The van der Waals surface area contributed by atoms with Gasteiger partial charge in [-0.1, -0.05) is 0 Å². The normalized spacial score (nSPS) is 10.0. The Kier molecular flexibility index (Phi) is 26.2. The molecule has 4 heteroatoms. The molecular formula is C10H22Cl2FePd. The van der Waals surface area contributed by atoms with Gasteiger partial charge in [-0.15, -0.1) is 0 Å². The van der Waals surface area contributed by atoms with Crippen LogP contribution in [0.3, 0.4) is 0 Å². The van der Waals surface area contributed by atoms with E-state index in [4.69, 9.17) is 19.1 Å². The summed E-state index contributed by atoms with van der Waals surface area (Å²) in [6.45, 7) is 4.55. The molecule has 0 saturated carbocycles. The Balaban J connectivity index is 0. The number of hydrogen-bond donors (Lipinski definition) is 0. The van der Waals surface area contributed by atoms with E-state index in [0.29, 0.717) is 0 Å². The van der Waals surface area contributed by atoms with E-state index in [2.05, 4.69) is 13.8 Å². The number of unbranched alkanes of at least 4 members (excludes halogenated alkanes) is 4. The minimum absolute atomic E-state index is 0.106. The molecule has 0 unspecified atom stereocenters. The maximum absolute atomic E-state index is 4.81. The van der Waals surface area contributed by atoms with Gasteiger partial charge in [0, 0.05) is 0 Å². The third-order valence-corrected chi connectivity index (χ3v) is 3.27. The van der Waals surface area contributed by atoms with Crippen LogP contribution >= 0.6 is 19.1 Å². The molecular weight excluding hydrogens is 353 g/mol. The second-order valence-electron chi connectivity index (χ2n) is 2.99. The molecule has 0 nitrogen and oxygen atoms in total. The van der Waals surface area contributed by atoms with Gasteiger partial charge in [-0.25, -0.2) is 0 Å². The van der Waals surface area contributed by atoms with E-state index < -0.39 is 0 Å². The Morgan fingerprint density at radius 2 is 1.21 bits per heavy atom. The van der Waals surface area contributed by atoms with Crippen molar-refractivity contribution < 1.29 is 30.9 Å². The molecule has 0 saturated heterocycles. The molecule has 0 rings (SSSR count). The van der Waals surface area contributed by atoms with Crippen molar-refractivity contribution in [1.82, 2.24) is 0 Å². The monoisotopic (exact) mass is 374 g/mol. The molecule has 0 amide bonds. The fourth-order valence-corrected chi connectivity index (χ4v) is 2.32. The van der Waals surface area contributed by atoms with Crippen molar-refractivity contribution in [2.75, 3.05) is 0 Å². The zero-order chi connectivity index (χ0) is 11.1. The summed E-state index contributed by atoms with van der Waals surface area (Å²) in [5, 5.41) is 2.94. The van der Waals surface area contributed by atoms with E-state index in [-0.39, 0.29) is 15.9 Å². The van der Waals surface area contributed by atoms with Crippen LogP contribution in [0.2, 0.25) is 10.6 Å². The molecule has 0 radical (unpaired) electrons. The van der Waals surface area contributed by atoms with Crippen LogP contribution in [0, 0.1) is 0 Å². The van der Waals surface area contributed by atoms with Gasteiger partial charge in [-0.3, -0.25) is 0 Å². The molecule has 0 fully saturated rings.